The fourth-order valence-electron chi connectivity index (χ4n) is 3.74. The predicted molar refractivity (Wildman–Crippen MR) is 125 cm³/mol. The first-order valence-corrected chi connectivity index (χ1v) is 12.7. The summed E-state index contributed by atoms with van der Waals surface area (Å²) in [4.78, 5) is 23.0. The van der Waals surface area contributed by atoms with Crippen LogP contribution in [0.2, 0.25) is 0 Å². The molecule has 0 heterocycles. The van der Waals surface area contributed by atoms with Gasteiger partial charge in [-0.25, -0.2) is 0 Å². The second-order valence-electron chi connectivity index (χ2n) is 8.77. The summed E-state index contributed by atoms with van der Waals surface area (Å²) >= 11 is 0. The van der Waals surface area contributed by atoms with Gasteiger partial charge in [0.25, 0.3) is 0 Å². The van der Waals surface area contributed by atoms with Crippen LogP contribution in [0.25, 0.3) is 0 Å². The van der Waals surface area contributed by atoms with Gasteiger partial charge in [0, 0.05) is 6.42 Å². The van der Waals surface area contributed by atoms with E-state index in [-0.39, 0.29) is 24.9 Å². The Labute approximate surface area is 185 Å². The number of hydrogen-bond acceptors (Lipinski definition) is 4. The molecule has 0 aliphatic heterocycles. The Morgan fingerprint density at radius 2 is 1.10 bits per heavy atom. The molecule has 0 aromatic heterocycles. The van der Waals surface area contributed by atoms with Crippen molar-refractivity contribution in [3.8, 4) is 0 Å². The predicted octanol–water partition coefficient (Wildman–Crippen LogP) is 6.76. The van der Waals surface area contributed by atoms with Crippen LogP contribution in [-0.4, -0.2) is 29.2 Å². The van der Waals surface area contributed by atoms with E-state index < -0.39 is 12.0 Å². The van der Waals surface area contributed by atoms with Gasteiger partial charge < -0.3 is 15.6 Å². The number of carbonyl (C=O) groups is 2. The highest BCUT2D eigenvalue weighted by Gasteiger charge is 2.17. The molecule has 178 valence electrons. The summed E-state index contributed by atoms with van der Waals surface area (Å²) in [6.45, 7) is 4.46. The van der Waals surface area contributed by atoms with Crippen LogP contribution >= 0.6 is 0 Å². The molecule has 2 unspecified atom stereocenters. The van der Waals surface area contributed by atoms with E-state index in [4.69, 9.17) is 15.6 Å². The summed E-state index contributed by atoms with van der Waals surface area (Å²) in [5.41, 5.74) is 5.49. The van der Waals surface area contributed by atoms with E-state index in [1.165, 1.54) is 83.5 Å². The fourth-order valence-corrected chi connectivity index (χ4v) is 3.74. The Bertz CT molecular complexity index is 414. The minimum Gasteiger partial charge on any atom is -0.480 e. The van der Waals surface area contributed by atoms with E-state index in [1.54, 1.807) is 0 Å². The van der Waals surface area contributed by atoms with Gasteiger partial charge in [0.15, 0.2) is 0 Å². The summed E-state index contributed by atoms with van der Waals surface area (Å²) in [6.07, 6.45) is 20.9. The van der Waals surface area contributed by atoms with Gasteiger partial charge in [0.05, 0.1) is 0 Å². The number of esters is 1. The third-order valence-corrected chi connectivity index (χ3v) is 5.78. The molecular weight excluding hydrogens is 378 g/mol. The second kappa shape index (κ2) is 21.1. The van der Waals surface area contributed by atoms with Crippen LogP contribution in [0.4, 0.5) is 0 Å². The smallest absolute Gasteiger partial charge is 0.320 e. The number of hydrogen-bond donors (Lipinski definition) is 2. The van der Waals surface area contributed by atoms with Crippen LogP contribution < -0.4 is 5.73 Å². The molecule has 5 heteroatoms. The van der Waals surface area contributed by atoms with Crippen molar-refractivity contribution in [1.29, 1.82) is 0 Å². The zero-order chi connectivity index (χ0) is 22.5. The minimum absolute atomic E-state index is 0.0331. The number of nitrogens with two attached hydrogens (primary N) is 1. The van der Waals surface area contributed by atoms with Gasteiger partial charge in [0.1, 0.15) is 12.1 Å². The Balaban J connectivity index is 4.11. The molecular formula is C25H49NO4. The van der Waals surface area contributed by atoms with E-state index in [9.17, 15) is 9.59 Å². The van der Waals surface area contributed by atoms with Crippen molar-refractivity contribution in [2.75, 3.05) is 0 Å². The monoisotopic (exact) mass is 427 g/mol. The van der Waals surface area contributed by atoms with E-state index in [0.717, 1.165) is 25.7 Å². The average Bonchev–Trinajstić information content (AvgIpc) is 2.72. The highest BCUT2D eigenvalue weighted by Crippen LogP contribution is 2.18. The highest BCUT2D eigenvalue weighted by atomic mass is 16.5. The standard InChI is InChI=1S/C25H49NO4/c1-3-5-7-9-11-12-13-15-17-19-22(18-16-14-10-8-6-4-2)30-24(27)21-20-23(26)25(28)29/h22-23H,3-21,26H2,1-2H3,(H,28,29). The van der Waals surface area contributed by atoms with E-state index in [0.29, 0.717) is 0 Å². The molecule has 0 amide bonds. The van der Waals surface area contributed by atoms with Gasteiger partial charge in [0.2, 0.25) is 0 Å². The lowest BCUT2D eigenvalue weighted by Gasteiger charge is -2.18. The van der Waals surface area contributed by atoms with Crippen LogP contribution in [0, 0.1) is 0 Å². The number of carboxylic acid groups (broad SMARTS) is 1. The van der Waals surface area contributed by atoms with Crippen LogP contribution in [0.5, 0.6) is 0 Å². The zero-order valence-electron chi connectivity index (χ0n) is 19.8. The van der Waals surface area contributed by atoms with E-state index >= 15 is 0 Å². The molecule has 0 saturated carbocycles. The van der Waals surface area contributed by atoms with Crippen molar-refractivity contribution < 1.29 is 19.4 Å². The first kappa shape index (κ1) is 28.9. The lowest BCUT2D eigenvalue weighted by atomic mass is 10.0. The van der Waals surface area contributed by atoms with Crippen molar-refractivity contribution in [2.45, 2.75) is 148 Å². The molecule has 0 saturated heterocycles. The molecule has 0 bridgehead atoms. The molecule has 2 atom stereocenters. The molecule has 3 N–H and O–H groups in total. The zero-order valence-corrected chi connectivity index (χ0v) is 19.8. The lowest BCUT2D eigenvalue weighted by molar-refractivity contribution is -0.150. The third kappa shape index (κ3) is 18.9. The Kier molecular flexibility index (Phi) is 20.4. The van der Waals surface area contributed by atoms with Gasteiger partial charge in [-0.15, -0.1) is 0 Å². The van der Waals surface area contributed by atoms with Gasteiger partial charge in [-0.1, -0.05) is 97.3 Å². The quantitative estimate of drug-likeness (QED) is 0.147. The van der Waals surface area contributed by atoms with Crippen LogP contribution in [0.15, 0.2) is 0 Å². The van der Waals surface area contributed by atoms with Crippen molar-refractivity contribution in [3.63, 3.8) is 0 Å². The maximum atomic E-state index is 12.1. The normalized spacial score (nSPS) is 13.2. The number of rotatable bonds is 22. The largest absolute Gasteiger partial charge is 0.480 e. The third-order valence-electron chi connectivity index (χ3n) is 5.78. The molecule has 0 fully saturated rings. The fraction of sp³-hybridized carbons (Fsp3) is 0.920. The van der Waals surface area contributed by atoms with Crippen molar-refractivity contribution in [2.24, 2.45) is 5.73 Å². The highest BCUT2D eigenvalue weighted by molar-refractivity contribution is 5.75. The number of carboxylic acids is 1. The molecule has 0 aliphatic rings. The lowest BCUT2D eigenvalue weighted by Crippen LogP contribution is -2.31. The van der Waals surface area contributed by atoms with Gasteiger partial charge in [-0.3, -0.25) is 9.59 Å². The Hall–Kier alpha value is -1.10. The maximum Gasteiger partial charge on any atom is 0.320 e. The summed E-state index contributed by atoms with van der Waals surface area (Å²) in [5, 5.41) is 8.85. The maximum absolute atomic E-state index is 12.1. The molecule has 30 heavy (non-hydrogen) atoms. The molecule has 0 aromatic carbocycles. The van der Waals surface area contributed by atoms with Crippen molar-refractivity contribution >= 4 is 11.9 Å². The number of aliphatic carboxylic acids is 1. The topological polar surface area (TPSA) is 89.6 Å². The Morgan fingerprint density at radius 3 is 1.50 bits per heavy atom. The van der Waals surface area contributed by atoms with Gasteiger partial charge in [-0.2, -0.15) is 0 Å². The molecule has 0 aliphatic carbocycles. The van der Waals surface area contributed by atoms with Crippen molar-refractivity contribution in [3.05, 3.63) is 0 Å². The summed E-state index contributed by atoms with van der Waals surface area (Å²) in [7, 11) is 0. The van der Waals surface area contributed by atoms with Crippen LogP contribution in [-0.2, 0) is 14.3 Å². The Morgan fingerprint density at radius 1 is 0.700 bits per heavy atom. The molecule has 0 rings (SSSR count). The van der Waals surface area contributed by atoms with Gasteiger partial charge in [-0.05, 0) is 32.1 Å². The van der Waals surface area contributed by atoms with Crippen LogP contribution in [0.3, 0.4) is 0 Å². The van der Waals surface area contributed by atoms with Gasteiger partial charge >= 0.3 is 11.9 Å². The summed E-state index contributed by atoms with van der Waals surface area (Å²) < 4.78 is 5.69. The number of ether oxygens (including phenoxy) is 1. The molecule has 0 radical (unpaired) electrons. The molecule has 0 spiro atoms. The first-order chi connectivity index (χ1) is 14.5. The second-order valence-corrected chi connectivity index (χ2v) is 8.77. The minimum atomic E-state index is -1.07. The number of unbranched alkanes of at least 4 members (excludes halogenated alkanes) is 13. The molecule has 0 aromatic rings. The number of carbonyl (C=O) groups excluding carboxylic acids is 1. The SMILES string of the molecule is CCCCCCCCCCCC(CCCCCCCC)OC(=O)CCC(N)C(=O)O. The first-order valence-electron chi connectivity index (χ1n) is 12.7. The van der Waals surface area contributed by atoms with Crippen LogP contribution in [0.1, 0.15) is 136 Å². The average molecular weight is 428 g/mol. The van der Waals surface area contributed by atoms with Crippen molar-refractivity contribution in [1.82, 2.24) is 0 Å². The van der Waals surface area contributed by atoms with E-state index in [2.05, 4.69) is 13.8 Å². The summed E-state index contributed by atoms with van der Waals surface area (Å²) in [6, 6.07) is -0.994. The molecule has 5 nitrogen and oxygen atoms in total. The van der Waals surface area contributed by atoms with E-state index in [1.807, 2.05) is 0 Å². The summed E-state index contributed by atoms with van der Waals surface area (Å²) in [5.74, 6) is -1.38.